The molecule has 1 unspecified atom stereocenters. The van der Waals surface area contributed by atoms with Gasteiger partial charge < -0.3 is 19.9 Å². The summed E-state index contributed by atoms with van der Waals surface area (Å²) in [6, 6.07) is 12.7. The second kappa shape index (κ2) is 10.9. The Bertz CT molecular complexity index is 1180. The molecule has 0 radical (unpaired) electrons. The van der Waals surface area contributed by atoms with Gasteiger partial charge in [-0.05, 0) is 56.2 Å². The third-order valence-corrected chi connectivity index (χ3v) is 7.13. The van der Waals surface area contributed by atoms with Crippen molar-refractivity contribution in [1.82, 2.24) is 10.2 Å². The first-order valence-electron chi connectivity index (χ1n) is 11.4. The van der Waals surface area contributed by atoms with Crippen LogP contribution in [0, 0.1) is 5.92 Å². The molecule has 0 spiro atoms. The number of benzodiazepines with no additional fused rings is 1. The monoisotopic (exact) mass is 532 g/mol. The first-order chi connectivity index (χ1) is 16.8. The van der Waals surface area contributed by atoms with Crippen LogP contribution in [0.3, 0.4) is 0 Å². The summed E-state index contributed by atoms with van der Waals surface area (Å²) in [5.74, 6) is -0.569. The Hall–Kier alpha value is -2.68. The minimum atomic E-state index is -0.965. The number of thiocarbonyl (C=S) groups is 1. The summed E-state index contributed by atoms with van der Waals surface area (Å²) in [5.41, 5.74) is 2.61. The average molecular weight is 533 g/mol. The molecule has 1 fully saturated rings. The van der Waals surface area contributed by atoms with Gasteiger partial charge in [-0.25, -0.2) is 4.99 Å². The number of ether oxygens (including phenoxy) is 1. The summed E-state index contributed by atoms with van der Waals surface area (Å²) in [6.45, 7) is 3.35. The molecule has 2 aliphatic rings. The molecule has 4 rings (SSSR count). The van der Waals surface area contributed by atoms with Gasteiger partial charge in [0.05, 0.1) is 23.9 Å². The maximum atomic E-state index is 13.4. The van der Waals surface area contributed by atoms with Crippen LogP contribution in [0.4, 0.5) is 5.69 Å². The van der Waals surface area contributed by atoms with Crippen LogP contribution in [0.25, 0.3) is 0 Å². The maximum absolute atomic E-state index is 13.4. The zero-order valence-electron chi connectivity index (χ0n) is 19.5. The van der Waals surface area contributed by atoms with Crippen molar-refractivity contribution >= 4 is 63.8 Å². The van der Waals surface area contributed by atoms with E-state index in [0.29, 0.717) is 70.2 Å². The highest BCUT2D eigenvalue weighted by Gasteiger charge is 2.33. The number of rotatable bonds is 4. The third kappa shape index (κ3) is 5.44. The first kappa shape index (κ1) is 25.4. The number of nitrogens with one attached hydrogen (secondary N) is 1. The Morgan fingerprint density at radius 1 is 1.17 bits per heavy atom. The van der Waals surface area contributed by atoms with Gasteiger partial charge in [-0.15, -0.1) is 0 Å². The van der Waals surface area contributed by atoms with E-state index in [-0.39, 0.29) is 17.8 Å². The lowest BCUT2D eigenvalue weighted by atomic mass is 9.97. The van der Waals surface area contributed by atoms with E-state index in [1.54, 1.807) is 43.1 Å². The topological polar surface area (TPSA) is 74.2 Å². The van der Waals surface area contributed by atoms with Gasteiger partial charge in [0.15, 0.2) is 5.11 Å². The number of benzene rings is 2. The number of likely N-dealkylation sites (tertiary alicyclic amines) is 1. The fraction of sp³-hybridized carbons (Fsp3) is 0.360. The molecule has 0 bridgehead atoms. The third-order valence-electron chi connectivity index (χ3n) is 6.19. The van der Waals surface area contributed by atoms with E-state index in [1.165, 1.54) is 0 Å². The van der Waals surface area contributed by atoms with Crippen LogP contribution >= 0.6 is 35.4 Å². The molecule has 0 aliphatic carbocycles. The van der Waals surface area contributed by atoms with Crippen molar-refractivity contribution in [3.05, 3.63) is 63.6 Å². The van der Waals surface area contributed by atoms with Gasteiger partial charge in [0.1, 0.15) is 0 Å². The largest absolute Gasteiger partial charge is 0.466 e. The Morgan fingerprint density at radius 2 is 1.89 bits per heavy atom. The van der Waals surface area contributed by atoms with E-state index in [4.69, 9.17) is 45.1 Å². The lowest BCUT2D eigenvalue weighted by Gasteiger charge is -2.34. The zero-order chi connectivity index (χ0) is 25.1. The number of aliphatic imine (C=N–C) groups is 1. The van der Waals surface area contributed by atoms with Crippen LogP contribution < -0.4 is 10.2 Å². The molecular formula is C25H26Cl2N4O3S. The normalized spacial score (nSPS) is 18.5. The fourth-order valence-electron chi connectivity index (χ4n) is 4.29. The molecule has 1 atom stereocenters. The van der Waals surface area contributed by atoms with Crippen molar-refractivity contribution in [2.45, 2.75) is 25.9 Å². The highest BCUT2D eigenvalue weighted by Crippen LogP contribution is 2.32. The molecule has 1 N–H and O–H groups in total. The summed E-state index contributed by atoms with van der Waals surface area (Å²) in [4.78, 5) is 33.8. The number of fused-ring (bicyclic) bond motifs is 1. The highest BCUT2D eigenvalue weighted by molar-refractivity contribution is 7.80. The number of nitrogens with zero attached hydrogens (tertiary/aromatic N) is 3. The lowest BCUT2D eigenvalue weighted by molar-refractivity contribution is -0.149. The van der Waals surface area contributed by atoms with Gasteiger partial charge in [0.25, 0.3) is 5.91 Å². The standard InChI is InChI=1S/C25H26Cl2N4O3S/c1-3-34-24(33)15-10-12-31(13-11-15)25(35)29-22-23(32)30(2)20-9-8-16(26)14-18(20)21(28-22)17-6-4-5-7-19(17)27/h4-9,14-15,22H,3,10-13H2,1-2H3,(H,29,35). The van der Waals surface area contributed by atoms with Crippen LogP contribution in [-0.4, -0.2) is 60.5 Å². The van der Waals surface area contributed by atoms with E-state index < -0.39 is 6.17 Å². The van der Waals surface area contributed by atoms with Gasteiger partial charge in [-0.1, -0.05) is 41.4 Å². The second-order valence-electron chi connectivity index (χ2n) is 8.38. The van der Waals surface area contributed by atoms with Gasteiger partial charge in [0.2, 0.25) is 6.17 Å². The van der Waals surface area contributed by atoms with Gasteiger partial charge in [-0.2, -0.15) is 0 Å². The number of carbonyl (C=O) groups is 2. The average Bonchev–Trinajstić information content (AvgIpc) is 2.95. The van der Waals surface area contributed by atoms with Crippen molar-refractivity contribution in [2.24, 2.45) is 10.9 Å². The molecule has 2 aliphatic heterocycles. The first-order valence-corrected chi connectivity index (χ1v) is 12.6. The SMILES string of the molecule is CCOC(=O)C1CCN(C(=S)NC2N=C(c3ccccc3Cl)c3cc(Cl)ccc3N(C)C2=O)CC1. The summed E-state index contributed by atoms with van der Waals surface area (Å²) in [5, 5.41) is 4.58. The maximum Gasteiger partial charge on any atom is 0.309 e. The molecule has 1 saturated heterocycles. The Morgan fingerprint density at radius 3 is 2.57 bits per heavy atom. The number of carbonyl (C=O) groups excluding carboxylic acids is 2. The number of esters is 1. The molecule has 2 aromatic carbocycles. The van der Waals surface area contributed by atoms with Crippen LogP contribution in [0.5, 0.6) is 0 Å². The zero-order valence-corrected chi connectivity index (χ0v) is 21.8. The number of hydrogen-bond acceptors (Lipinski definition) is 5. The summed E-state index contributed by atoms with van der Waals surface area (Å²) in [6.07, 6.45) is 0.307. The summed E-state index contributed by atoms with van der Waals surface area (Å²) >= 11 is 18.5. The molecule has 184 valence electrons. The van der Waals surface area contributed by atoms with Crippen LogP contribution in [0.1, 0.15) is 30.9 Å². The Labute approximate surface area is 220 Å². The van der Waals surface area contributed by atoms with E-state index in [1.807, 2.05) is 23.1 Å². The van der Waals surface area contributed by atoms with Crippen LogP contribution in [-0.2, 0) is 14.3 Å². The molecule has 35 heavy (non-hydrogen) atoms. The number of amides is 1. The predicted molar refractivity (Wildman–Crippen MR) is 142 cm³/mol. The second-order valence-corrected chi connectivity index (χ2v) is 9.61. The quantitative estimate of drug-likeness (QED) is 0.467. The summed E-state index contributed by atoms with van der Waals surface area (Å²) in [7, 11) is 1.70. The van der Waals surface area contributed by atoms with E-state index in [2.05, 4.69) is 5.32 Å². The minimum Gasteiger partial charge on any atom is -0.466 e. The number of halogens is 2. The molecule has 1 amide bonds. The van der Waals surface area contributed by atoms with Crippen LogP contribution in [0.2, 0.25) is 10.0 Å². The van der Waals surface area contributed by atoms with Gasteiger partial charge >= 0.3 is 5.97 Å². The summed E-state index contributed by atoms with van der Waals surface area (Å²) < 4.78 is 5.15. The lowest BCUT2D eigenvalue weighted by Crippen LogP contribution is -2.52. The molecule has 2 heterocycles. The molecule has 2 aromatic rings. The van der Waals surface area contributed by atoms with Crippen molar-refractivity contribution < 1.29 is 14.3 Å². The molecule has 10 heteroatoms. The molecular weight excluding hydrogens is 507 g/mol. The van der Waals surface area contributed by atoms with Gasteiger partial charge in [0, 0.05) is 41.3 Å². The van der Waals surface area contributed by atoms with Crippen LogP contribution in [0.15, 0.2) is 47.5 Å². The van der Waals surface area contributed by atoms with Crippen molar-refractivity contribution in [3.8, 4) is 0 Å². The van der Waals surface area contributed by atoms with E-state index >= 15 is 0 Å². The van der Waals surface area contributed by atoms with Crippen molar-refractivity contribution in [1.29, 1.82) is 0 Å². The number of piperidine rings is 1. The number of likely N-dealkylation sites (N-methyl/N-ethyl adjacent to an activating group) is 1. The number of anilines is 1. The Balaban J connectivity index is 1.61. The molecule has 7 nitrogen and oxygen atoms in total. The van der Waals surface area contributed by atoms with Crippen molar-refractivity contribution in [3.63, 3.8) is 0 Å². The predicted octanol–water partition coefficient (Wildman–Crippen LogP) is 4.28. The van der Waals surface area contributed by atoms with Gasteiger partial charge in [-0.3, -0.25) is 9.59 Å². The number of hydrogen-bond donors (Lipinski definition) is 1. The fourth-order valence-corrected chi connectivity index (χ4v) is 4.99. The Kier molecular flexibility index (Phi) is 7.94. The molecule has 0 saturated carbocycles. The van der Waals surface area contributed by atoms with E-state index in [9.17, 15) is 9.59 Å². The smallest absolute Gasteiger partial charge is 0.309 e. The van der Waals surface area contributed by atoms with Crippen molar-refractivity contribution in [2.75, 3.05) is 31.6 Å². The minimum absolute atomic E-state index is 0.135. The molecule has 0 aromatic heterocycles. The van der Waals surface area contributed by atoms with E-state index in [0.717, 1.165) is 0 Å². The highest BCUT2D eigenvalue weighted by atomic mass is 35.5.